The van der Waals surface area contributed by atoms with Gasteiger partial charge in [0.1, 0.15) is 6.04 Å². The molecule has 3 aromatic rings. The molecule has 0 fully saturated rings. The molecule has 0 aliphatic heterocycles. The molecule has 2 atom stereocenters. The molecular formula is C16H22N8O. The predicted molar refractivity (Wildman–Crippen MR) is 92.3 cm³/mol. The lowest BCUT2D eigenvalue weighted by atomic mass is 10.2. The average Bonchev–Trinajstić information content (AvgIpc) is 3.29. The fourth-order valence-corrected chi connectivity index (χ4v) is 2.38. The van der Waals surface area contributed by atoms with E-state index in [1.54, 1.807) is 4.68 Å². The van der Waals surface area contributed by atoms with Crippen LogP contribution in [0.1, 0.15) is 38.0 Å². The Kier molecular flexibility index (Phi) is 5.34. The van der Waals surface area contributed by atoms with Gasteiger partial charge in [-0.05, 0) is 43.0 Å². The molecule has 0 aliphatic carbocycles. The lowest BCUT2D eigenvalue weighted by Gasteiger charge is -2.13. The molecule has 2 heterocycles. The van der Waals surface area contributed by atoms with Gasteiger partial charge in [-0.15, -0.1) is 0 Å². The van der Waals surface area contributed by atoms with Crippen molar-refractivity contribution < 1.29 is 4.52 Å². The van der Waals surface area contributed by atoms with Crippen LogP contribution in [0.25, 0.3) is 5.69 Å². The number of nitrogens with zero attached hydrogens (tertiary/aromatic N) is 6. The number of likely N-dealkylation sites (N-methyl/N-ethyl adjacent to an activating group) is 1. The first-order valence-corrected chi connectivity index (χ1v) is 8.31. The van der Waals surface area contributed by atoms with Gasteiger partial charge in [-0.25, -0.2) is 0 Å². The minimum atomic E-state index is -0.167. The second-order valence-electron chi connectivity index (χ2n) is 5.80. The Bertz CT molecular complexity index is 784. The van der Waals surface area contributed by atoms with Crippen molar-refractivity contribution >= 4 is 5.95 Å². The van der Waals surface area contributed by atoms with E-state index in [-0.39, 0.29) is 12.1 Å². The smallest absolute Gasteiger partial charge is 0.249 e. The maximum atomic E-state index is 5.43. The van der Waals surface area contributed by atoms with Crippen molar-refractivity contribution in [2.24, 2.45) is 0 Å². The third-order valence-electron chi connectivity index (χ3n) is 3.95. The Morgan fingerprint density at radius 2 is 2.04 bits per heavy atom. The number of nitrogens with one attached hydrogen (secondary N) is 2. The van der Waals surface area contributed by atoms with E-state index in [4.69, 9.17) is 4.52 Å². The molecule has 9 nitrogen and oxygen atoms in total. The van der Waals surface area contributed by atoms with E-state index in [1.807, 2.05) is 44.3 Å². The summed E-state index contributed by atoms with van der Waals surface area (Å²) < 4.78 is 7.07. The summed E-state index contributed by atoms with van der Waals surface area (Å²) in [6.07, 6.45) is 1.46. The zero-order valence-electron chi connectivity index (χ0n) is 14.5. The topological polar surface area (TPSA) is 107 Å². The van der Waals surface area contributed by atoms with Crippen molar-refractivity contribution in [3.05, 3.63) is 42.0 Å². The van der Waals surface area contributed by atoms with Gasteiger partial charge in [0.15, 0.2) is 5.82 Å². The van der Waals surface area contributed by atoms with Crippen molar-refractivity contribution in [2.45, 2.75) is 38.8 Å². The van der Waals surface area contributed by atoms with E-state index in [0.29, 0.717) is 24.1 Å². The second kappa shape index (κ2) is 7.84. The van der Waals surface area contributed by atoms with Crippen molar-refractivity contribution in [3.63, 3.8) is 0 Å². The van der Waals surface area contributed by atoms with E-state index in [9.17, 15) is 0 Å². The quantitative estimate of drug-likeness (QED) is 0.638. The van der Waals surface area contributed by atoms with Crippen LogP contribution < -0.4 is 10.6 Å². The molecule has 132 valence electrons. The van der Waals surface area contributed by atoms with Crippen LogP contribution in [0, 0.1) is 0 Å². The number of rotatable bonds is 8. The number of benzene rings is 1. The molecule has 3 rings (SSSR count). The van der Waals surface area contributed by atoms with E-state index in [1.165, 1.54) is 0 Å². The fourth-order valence-electron chi connectivity index (χ4n) is 2.38. The number of para-hydroxylation sites is 1. The normalized spacial score (nSPS) is 13.6. The maximum Gasteiger partial charge on any atom is 0.249 e. The molecule has 0 saturated heterocycles. The van der Waals surface area contributed by atoms with Crippen LogP contribution in [0.2, 0.25) is 0 Å². The van der Waals surface area contributed by atoms with Gasteiger partial charge >= 0.3 is 0 Å². The summed E-state index contributed by atoms with van der Waals surface area (Å²) in [6.45, 7) is 4.11. The van der Waals surface area contributed by atoms with Gasteiger partial charge in [-0.3, -0.25) is 0 Å². The van der Waals surface area contributed by atoms with Gasteiger partial charge < -0.3 is 15.2 Å². The van der Waals surface area contributed by atoms with Crippen LogP contribution in [-0.4, -0.2) is 43.4 Å². The van der Waals surface area contributed by atoms with E-state index in [2.05, 4.69) is 43.2 Å². The van der Waals surface area contributed by atoms with Gasteiger partial charge in [-0.1, -0.05) is 35.4 Å². The molecule has 0 spiro atoms. The van der Waals surface area contributed by atoms with Crippen LogP contribution >= 0.6 is 0 Å². The Morgan fingerprint density at radius 1 is 1.24 bits per heavy atom. The molecular weight excluding hydrogens is 320 g/mol. The van der Waals surface area contributed by atoms with Crippen LogP contribution in [-0.2, 0) is 6.42 Å². The molecule has 25 heavy (non-hydrogen) atoms. The summed E-state index contributed by atoms with van der Waals surface area (Å²) in [6, 6.07) is 9.81. The summed E-state index contributed by atoms with van der Waals surface area (Å²) in [5, 5.41) is 22.4. The van der Waals surface area contributed by atoms with Gasteiger partial charge in [0.2, 0.25) is 11.8 Å². The lowest BCUT2D eigenvalue weighted by Crippen LogP contribution is -2.24. The van der Waals surface area contributed by atoms with Gasteiger partial charge in [0, 0.05) is 12.5 Å². The van der Waals surface area contributed by atoms with Crippen LogP contribution in [0.4, 0.5) is 5.95 Å². The predicted octanol–water partition coefficient (Wildman–Crippen LogP) is 1.76. The van der Waals surface area contributed by atoms with E-state index in [0.717, 1.165) is 12.1 Å². The third kappa shape index (κ3) is 4.00. The van der Waals surface area contributed by atoms with Crippen LogP contribution in [0.15, 0.2) is 34.9 Å². The number of anilines is 1. The molecule has 0 saturated carbocycles. The zero-order chi connectivity index (χ0) is 17.6. The van der Waals surface area contributed by atoms with Crippen molar-refractivity contribution in [3.8, 4) is 5.69 Å². The van der Waals surface area contributed by atoms with Crippen molar-refractivity contribution in [2.75, 3.05) is 12.4 Å². The first-order chi connectivity index (χ1) is 12.2. The highest BCUT2D eigenvalue weighted by molar-refractivity contribution is 5.39. The van der Waals surface area contributed by atoms with Crippen LogP contribution in [0.3, 0.4) is 0 Å². The summed E-state index contributed by atoms with van der Waals surface area (Å²) in [5.41, 5.74) is 0.874. The molecule has 0 aliphatic rings. The number of tetrazole rings is 1. The Balaban J connectivity index is 1.77. The number of hydrogen-bond acceptors (Lipinski definition) is 8. The highest BCUT2D eigenvalue weighted by Gasteiger charge is 2.21. The first kappa shape index (κ1) is 17.0. The van der Waals surface area contributed by atoms with Crippen molar-refractivity contribution in [1.82, 2.24) is 35.7 Å². The Labute approximate surface area is 145 Å². The van der Waals surface area contributed by atoms with Gasteiger partial charge in [0.25, 0.3) is 0 Å². The highest BCUT2D eigenvalue weighted by atomic mass is 16.5. The number of hydrogen-bond donors (Lipinski definition) is 2. The van der Waals surface area contributed by atoms with Crippen molar-refractivity contribution in [1.29, 1.82) is 0 Å². The largest absolute Gasteiger partial charge is 0.341 e. The molecule has 0 amide bonds. The summed E-state index contributed by atoms with van der Waals surface area (Å²) in [4.78, 5) is 4.49. The first-order valence-electron chi connectivity index (χ1n) is 8.31. The monoisotopic (exact) mass is 342 g/mol. The molecule has 9 heteroatoms. The average molecular weight is 342 g/mol. The summed E-state index contributed by atoms with van der Waals surface area (Å²) in [7, 11) is 1.91. The molecule has 2 unspecified atom stereocenters. The Morgan fingerprint density at radius 3 is 2.76 bits per heavy atom. The van der Waals surface area contributed by atoms with E-state index < -0.39 is 0 Å². The standard InChI is InChI=1S/C16H22N8O/c1-4-13(15-19-14(21-25-15)10-11(2)17-3)18-16-20-22-23-24(16)12-8-6-5-7-9-12/h5-9,11,13,17H,4,10H2,1-3H3,(H,18,20,23). The molecule has 0 radical (unpaired) electrons. The molecule has 2 aromatic heterocycles. The molecule has 2 N–H and O–H groups in total. The maximum absolute atomic E-state index is 5.43. The SMILES string of the molecule is CCC(Nc1nnnn1-c1ccccc1)c1nc(CC(C)NC)no1. The summed E-state index contributed by atoms with van der Waals surface area (Å²) in [5.74, 6) is 1.74. The Hall–Kier alpha value is -2.81. The third-order valence-corrected chi connectivity index (χ3v) is 3.95. The molecule has 0 bridgehead atoms. The number of aromatic nitrogens is 6. The summed E-state index contributed by atoms with van der Waals surface area (Å²) >= 11 is 0. The van der Waals surface area contributed by atoms with Gasteiger partial charge in [0.05, 0.1) is 5.69 Å². The van der Waals surface area contributed by atoms with E-state index >= 15 is 0 Å². The van der Waals surface area contributed by atoms with Crippen LogP contribution in [0.5, 0.6) is 0 Å². The minimum Gasteiger partial charge on any atom is -0.341 e. The van der Waals surface area contributed by atoms with Gasteiger partial charge in [-0.2, -0.15) is 9.67 Å². The lowest BCUT2D eigenvalue weighted by molar-refractivity contribution is 0.353. The minimum absolute atomic E-state index is 0.167. The molecule has 1 aromatic carbocycles. The fraction of sp³-hybridized carbons (Fsp3) is 0.438. The highest BCUT2D eigenvalue weighted by Crippen LogP contribution is 2.21. The zero-order valence-corrected chi connectivity index (χ0v) is 14.5. The second-order valence-corrected chi connectivity index (χ2v) is 5.80.